The Bertz CT molecular complexity index is 164. The Kier molecular flexibility index (Phi) is 6.69. The minimum absolute atomic E-state index is 0.325. The molecule has 3 atom stereocenters. The highest BCUT2D eigenvalue weighted by molar-refractivity contribution is 7.99. The molecule has 1 aliphatic carbocycles. The number of aliphatic hydroxyl groups excluding tert-OH is 1. The topological polar surface area (TPSA) is 32.3 Å². The van der Waals surface area contributed by atoms with Crippen LogP contribution < -0.4 is 5.32 Å². The molecule has 90 valence electrons. The van der Waals surface area contributed by atoms with Gasteiger partial charge in [0, 0.05) is 17.9 Å². The van der Waals surface area contributed by atoms with Gasteiger partial charge in [0.05, 0.1) is 0 Å². The summed E-state index contributed by atoms with van der Waals surface area (Å²) in [7, 11) is 0. The zero-order valence-corrected chi connectivity index (χ0v) is 10.9. The maximum absolute atomic E-state index is 9.00. The lowest BCUT2D eigenvalue weighted by Gasteiger charge is -2.32. The number of nitrogens with one attached hydrogen (secondary N) is 1. The highest BCUT2D eigenvalue weighted by atomic mass is 32.2. The van der Waals surface area contributed by atoms with Crippen molar-refractivity contribution in [1.82, 2.24) is 5.32 Å². The summed E-state index contributed by atoms with van der Waals surface area (Å²) in [5, 5.41) is 13.4. The maximum Gasteiger partial charge on any atom is 0.0464 e. The highest BCUT2D eigenvalue weighted by Crippen LogP contribution is 2.29. The van der Waals surface area contributed by atoms with Crippen LogP contribution in [0.3, 0.4) is 0 Å². The predicted octanol–water partition coefficient (Wildman–Crippen LogP) is 2.27. The summed E-state index contributed by atoms with van der Waals surface area (Å²) in [6.07, 6.45) is 5.44. The molecule has 0 bridgehead atoms. The number of aliphatic hydroxyl groups is 1. The monoisotopic (exact) mass is 231 g/mol. The summed E-state index contributed by atoms with van der Waals surface area (Å²) >= 11 is 2.06. The molecule has 1 saturated carbocycles. The average Bonchev–Trinajstić information content (AvgIpc) is 2.28. The Balaban J connectivity index is 2.28. The van der Waals surface area contributed by atoms with Crippen molar-refractivity contribution in [2.45, 2.75) is 50.8 Å². The quantitative estimate of drug-likeness (QED) is 0.735. The van der Waals surface area contributed by atoms with Gasteiger partial charge in [-0.15, -0.1) is 0 Å². The molecule has 15 heavy (non-hydrogen) atoms. The van der Waals surface area contributed by atoms with Gasteiger partial charge in [0.1, 0.15) is 0 Å². The first-order valence-electron chi connectivity index (χ1n) is 6.23. The largest absolute Gasteiger partial charge is 0.396 e. The van der Waals surface area contributed by atoms with E-state index in [-0.39, 0.29) is 0 Å². The zero-order valence-electron chi connectivity index (χ0n) is 10.0. The second-order valence-corrected chi connectivity index (χ2v) is 5.88. The molecule has 0 aliphatic heterocycles. The Labute approximate surface area is 98.2 Å². The van der Waals surface area contributed by atoms with Gasteiger partial charge in [-0.1, -0.05) is 26.7 Å². The third-order valence-electron chi connectivity index (χ3n) is 3.08. The van der Waals surface area contributed by atoms with Gasteiger partial charge in [-0.05, 0) is 31.1 Å². The number of hydrogen-bond acceptors (Lipinski definition) is 3. The van der Waals surface area contributed by atoms with Crippen LogP contribution in [0.1, 0.15) is 39.5 Å². The third-order valence-corrected chi connectivity index (χ3v) is 4.83. The Hall–Kier alpha value is 0.270. The van der Waals surface area contributed by atoms with E-state index in [1.807, 2.05) is 0 Å². The molecule has 2 nitrogen and oxygen atoms in total. The molecule has 0 spiro atoms. The third kappa shape index (κ3) is 4.75. The van der Waals surface area contributed by atoms with E-state index in [4.69, 9.17) is 5.11 Å². The fraction of sp³-hybridized carbons (Fsp3) is 1.00. The van der Waals surface area contributed by atoms with Crippen molar-refractivity contribution in [1.29, 1.82) is 0 Å². The molecule has 0 radical (unpaired) electrons. The molecule has 0 heterocycles. The molecular weight excluding hydrogens is 206 g/mol. The van der Waals surface area contributed by atoms with Crippen LogP contribution in [0.5, 0.6) is 0 Å². The normalized spacial score (nSPS) is 29.0. The van der Waals surface area contributed by atoms with Crippen LogP contribution in [0.15, 0.2) is 0 Å². The molecule has 3 unspecified atom stereocenters. The van der Waals surface area contributed by atoms with Crippen LogP contribution in [0.4, 0.5) is 0 Å². The number of hydrogen-bond donors (Lipinski definition) is 2. The summed E-state index contributed by atoms with van der Waals surface area (Å²) < 4.78 is 0. The molecule has 1 fully saturated rings. The molecule has 3 heteroatoms. The van der Waals surface area contributed by atoms with E-state index in [1.54, 1.807) is 0 Å². The van der Waals surface area contributed by atoms with Crippen molar-refractivity contribution in [2.24, 2.45) is 5.92 Å². The van der Waals surface area contributed by atoms with Crippen LogP contribution in [0.25, 0.3) is 0 Å². The van der Waals surface area contributed by atoms with E-state index < -0.39 is 0 Å². The van der Waals surface area contributed by atoms with Crippen LogP contribution in [-0.2, 0) is 0 Å². The highest BCUT2D eigenvalue weighted by Gasteiger charge is 2.24. The van der Waals surface area contributed by atoms with Gasteiger partial charge in [-0.3, -0.25) is 0 Å². The Morgan fingerprint density at radius 2 is 2.13 bits per heavy atom. The number of rotatable bonds is 6. The second-order valence-electron chi connectivity index (χ2n) is 4.61. The average molecular weight is 231 g/mol. The van der Waals surface area contributed by atoms with Gasteiger partial charge >= 0.3 is 0 Å². The lowest BCUT2D eigenvalue weighted by molar-refractivity contribution is 0.250. The zero-order chi connectivity index (χ0) is 11.1. The molecular formula is C12H25NOS. The maximum atomic E-state index is 9.00. The lowest BCUT2D eigenvalue weighted by atomic mass is 9.95. The first kappa shape index (κ1) is 13.3. The molecule has 0 aromatic carbocycles. The molecule has 2 N–H and O–H groups in total. The standard InChI is InChI=1S/C12H25NOS/c1-3-13-11-6-4-5-7-12(11)15-9-10(2)8-14/h10-14H,3-9H2,1-2H3. The van der Waals surface area contributed by atoms with E-state index in [1.165, 1.54) is 25.7 Å². The smallest absolute Gasteiger partial charge is 0.0464 e. The lowest BCUT2D eigenvalue weighted by Crippen LogP contribution is -2.40. The molecule has 0 saturated heterocycles. The van der Waals surface area contributed by atoms with Crippen molar-refractivity contribution in [3.8, 4) is 0 Å². The van der Waals surface area contributed by atoms with Gasteiger partial charge < -0.3 is 10.4 Å². The van der Waals surface area contributed by atoms with Crippen molar-refractivity contribution in [2.75, 3.05) is 18.9 Å². The van der Waals surface area contributed by atoms with E-state index in [2.05, 4.69) is 30.9 Å². The van der Waals surface area contributed by atoms with E-state index in [0.29, 0.717) is 18.6 Å². The Morgan fingerprint density at radius 1 is 1.40 bits per heavy atom. The van der Waals surface area contributed by atoms with Gasteiger partial charge in [0.25, 0.3) is 0 Å². The van der Waals surface area contributed by atoms with Crippen molar-refractivity contribution >= 4 is 11.8 Å². The van der Waals surface area contributed by atoms with Gasteiger partial charge in [0.2, 0.25) is 0 Å². The predicted molar refractivity (Wildman–Crippen MR) is 68.4 cm³/mol. The van der Waals surface area contributed by atoms with Crippen LogP contribution in [0.2, 0.25) is 0 Å². The summed E-state index contributed by atoms with van der Waals surface area (Å²) in [5.74, 6) is 1.54. The fourth-order valence-electron chi connectivity index (χ4n) is 2.13. The second kappa shape index (κ2) is 7.53. The van der Waals surface area contributed by atoms with Crippen LogP contribution in [-0.4, -0.2) is 35.3 Å². The van der Waals surface area contributed by atoms with E-state index in [0.717, 1.165) is 17.5 Å². The minimum atomic E-state index is 0.325. The molecule has 0 aromatic rings. The summed E-state index contributed by atoms with van der Waals surface area (Å²) in [4.78, 5) is 0. The van der Waals surface area contributed by atoms with E-state index in [9.17, 15) is 0 Å². The SMILES string of the molecule is CCNC1CCCCC1SCC(C)CO. The van der Waals surface area contributed by atoms with Crippen LogP contribution in [0, 0.1) is 5.92 Å². The Morgan fingerprint density at radius 3 is 2.80 bits per heavy atom. The molecule has 0 aromatic heterocycles. The molecule has 0 amide bonds. The molecule has 1 rings (SSSR count). The van der Waals surface area contributed by atoms with Gasteiger partial charge in [-0.25, -0.2) is 0 Å². The molecule has 1 aliphatic rings. The van der Waals surface area contributed by atoms with Crippen molar-refractivity contribution in [3.63, 3.8) is 0 Å². The fourth-order valence-corrected chi connectivity index (χ4v) is 3.61. The van der Waals surface area contributed by atoms with Crippen molar-refractivity contribution < 1.29 is 5.11 Å². The summed E-state index contributed by atoms with van der Waals surface area (Å²) in [5.41, 5.74) is 0. The van der Waals surface area contributed by atoms with Gasteiger partial charge in [0.15, 0.2) is 0 Å². The first-order chi connectivity index (χ1) is 7.27. The summed E-state index contributed by atoms with van der Waals surface area (Å²) in [6, 6.07) is 0.708. The minimum Gasteiger partial charge on any atom is -0.396 e. The number of thioether (sulfide) groups is 1. The van der Waals surface area contributed by atoms with Gasteiger partial charge in [-0.2, -0.15) is 11.8 Å². The summed E-state index contributed by atoms with van der Waals surface area (Å²) in [6.45, 7) is 5.72. The first-order valence-corrected chi connectivity index (χ1v) is 7.28. The van der Waals surface area contributed by atoms with E-state index >= 15 is 0 Å². The van der Waals surface area contributed by atoms with Crippen LogP contribution >= 0.6 is 11.8 Å². The van der Waals surface area contributed by atoms with Crippen molar-refractivity contribution in [3.05, 3.63) is 0 Å².